The van der Waals surface area contributed by atoms with Crippen LogP contribution >= 0.6 is 0 Å². The van der Waals surface area contributed by atoms with Crippen LogP contribution in [0.25, 0.3) is 0 Å². The molecule has 0 heterocycles. The zero-order valence-electron chi connectivity index (χ0n) is 1.86. The fraction of sp³-hybridized carbons (Fsp3) is 0. The van der Waals surface area contributed by atoms with Crippen molar-refractivity contribution < 1.29 is 61.3 Å². The fourth-order valence-electron chi connectivity index (χ4n) is 0. The molecule has 0 saturated heterocycles. The van der Waals surface area contributed by atoms with Crippen molar-refractivity contribution in [3.05, 3.63) is 0 Å². The number of hydrogen-bond donors (Lipinski definition) is 0. The van der Waals surface area contributed by atoms with Crippen molar-refractivity contribution in [2.24, 2.45) is 0 Å². The zero-order chi connectivity index (χ0) is 0. The van der Waals surface area contributed by atoms with Crippen LogP contribution in [-0.2, 0) is 61.3 Å². The summed E-state index contributed by atoms with van der Waals surface area (Å²) in [5, 5.41) is 0. The van der Waals surface area contributed by atoms with Crippen LogP contribution in [-0.4, -0.2) is 11.0 Å². The van der Waals surface area contributed by atoms with Crippen molar-refractivity contribution in [1.29, 1.82) is 0 Å². The maximum absolute atomic E-state index is 0. The molecule has 0 aromatic heterocycles. The summed E-state index contributed by atoms with van der Waals surface area (Å²) < 4.78 is 0. The zero-order valence-corrected chi connectivity index (χ0v) is 8.75. The third-order valence-corrected chi connectivity index (χ3v) is 0. The topological polar surface area (TPSA) is 0 Å². The Morgan fingerprint density at radius 2 is 1.00 bits per heavy atom. The molecular formula is SiTiVW. The van der Waals surface area contributed by atoms with Crippen molar-refractivity contribution in [3.8, 4) is 0 Å². The molecule has 5 radical (unpaired) electrons. The van der Waals surface area contributed by atoms with Gasteiger partial charge < -0.3 is 0 Å². The Morgan fingerprint density at radius 3 is 1.00 bits per heavy atom. The average molecular weight is 311 g/mol. The first-order valence-electron chi connectivity index (χ1n) is 0. The van der Waals surface area contributed by atoms with Gasteiger partial charge in [-0.25, -0.2) is 0 Å². The fourth-order valence-corrected chi connectivity index (χ4v) is 0. The molecule has 0 aliphatic heterocycles. The van der Waals surface area contributed by atoms with E-state index < -0.39 is 0 Å². The predicted molar refractivity (Wildman–Crippen MR) is 5.75 cm³/mol. The summed E-state index contributed by atoms with van der Waals surface area (Å²) in [6, 6.07) is 0. The Balaban J connectivity index is 0. The summed E-state index contributed by atoms with van der Waals surface area (Å²) in [5.41, 5.74) is 0. The molecule has 0 amide bonds. The van der Waals surface area contributed by atoms with E-state index in [9.17, 15) is 0 Å². The molecule has 4 heteroatoms. The van der Waals surface area contributed by atoms with Crippen LogP contribution in [0.5, 0.6) is 0 Å². The average Bonchev–Trinajstić information content (AvgIpc) is 0. The largest absolute Gasteiger partial charge is 0 e. The van der Waals surface area contributed by atoms with E-state index in [0.717, 1.165) is 0 Å². The van der Waals surface area contributed by atoms with Crippen molar-refractivity contribution >= 4 is 11.0 Å². The Bertz CT molecular complexity index is 8.00. The maximum atomic E-state index is 0. The molecule has 0 atom stereocenters. The first-order valence-corrected chi connectivity index (χ1v) is 0. The molecule has 0 fully saturated rings. The van der Waals surface area contributed by atoms with Crippen LogP contribution in [0.3, 0.4) is 0 Å². The summed E-state index contributed by atoms with van der Waals surface area (Å²) in [6.07, 6.45) is 0. The summed E-state index contributed by atoms with van der Waals surface area (Å²) in [5.74, 6) is 0. The van der Waals surface area contributed by atoms with Crippen LogP contribution in [0.4, 0.5) is 0 Å². The van der Waals surface area contributed by atoms with Crippen LogP contribution in [0.1, 0.15) is 0 Å². The van der Waals surface area contributed by atoms with E-state index in [4.69, 9.17) is 0 Å². The van der Waals surface area contributed by atoms with Crippen molar-refractivity contribution in [2.75, 3.05) is 0 Å². The Kier molecular flexibility index (Phi) is 164. The van der Waals surface area contributed by atoms with E-state index in [-0.39, 0.29) is 72.3 Å². The second-order valence-electron chi connectivity index (χ2n) is 0. The van der Waals surface area contributed by atoms with Gasteiger partial charge in [0.05, 0.1) is 0 Å². The monoisotopic (exact) mass is 311 g/mol. The third kappa shape index (κ3) is 8.88. The first kappa shape index (κ1) is 34.6. The van der Waals surface area contributed by atoms with Crippen molar-refractivity contribution in [2.45, 2.75) is 0 Å². The molecule has 19 valence electrons. The molecule has 0 aliphatic carbocycles. The van der Waals surface area contributed by atoms with Gasteiger partial charge in [-0.1, -0.05) is 0 Å². The summed E-state index contributed by atoms with van der Waals surface area (Å²) in [4.78, 5) is 0. The Hall–Kier alpha value is 2.20. The normalized spacial score (nSPS) is 0. The van der Waals surface area contributed by atoms with E-state index in [2.05, 4.69) is 0 Å². The third-order valence-electron chi connectivity index (χ3n) is 0. The van der Waals surface area contributed by atoms with Crippen LogP contribution in [0.15, 0.2) is 0 Å². The molecule has 4 heavy (non-hydrogen) atoms. The van der Waals surface area contributed by atoms with Gasteiger partial charge in [-0.15, -0.1) is 0 Å². The van der Waals surface area contributed by atoms with E-state index in [1.165, 1.54) is 0 Å². The van der Waals surface area contributed by atoms with Gasteiger partial charge in [-0.3, -0.25) is 0 Å². The van der Waals surface area contributed by atoms with E-state index in [1.807, 2.05) is 0 Å². The minimum Gasteiger partial charge on any atom is 0 e. The minimum absolute atomic E-state index is 0. The molecule has 0 unspecified atom stereocenters. The predicted octanol–water partition coefficient (Wildman–Crippen LogP) is -0.388. The molecule has 0 bridgehead atoms. The van der Waals surface area contributed by atoms with Gasteiger partial charge in [0.25, 0.3) is 0 Å². The molecular weight excluding hydrogens is 311 g/mol. The van der Waals surface area contributed by atoms with Crippen LogP contribution < -0.4 is 0 Å². The van der Waals surface area contributed by atoms with Gasteiger partial charge in [0.15, 0.2) is 0 Å². The SMILES string of the molecule is [Si].[Ti].[V].[W]. The molecule has 0 saturated carbocycles. The maximum Gasteiger partial charge on any atom is 0 e. The summed E-state index contributed by atoms with van der Waals surface area (Å²) in [6.45, 7) is 0. The van der Waals surface area contributed by atoms with Gasteiger partial charge in [0.1, 0.15) is 0 Å². The Labute approximate surface area is 71.5 Å². The molecule has 0 aromatic carbocycles. The van der Waals surface area contributed by atoms with Crippen molar-refractivity contribution in [1.82, 2.24) is 0 Å². The Morgan fingerprint density at radius 1 is 1.00 bits per heavy atom. The number of rotatable bonds is 0. The minimum atomic E-state index is 0. The van der Waals surface area contributed by atoms with E-state index in [0.29, 0.717) is 0 Å². The second-order valence-corrected chi connectivity index (χ2v) is 0. The first-order chi connectivity index (χ1) is 0. The van der Waals surface area contributed by atoms with Crippen LogP contribution in [0.2, 0.25) is 0 Å². The smallest absolute Gasteiger partial charge is 0 e. The van der Waals surface area contributed by atoms with E-state index in [1.54, 1.807) is 0 Å². The van der Waals surface area contributed by atoms with Gasteiger partial charge in [-0.05, 0) is 0 Å². The molecule has 0 rings (SSSR count). The van der Waals surface area contributed by atoms with Gasteiger partial charge >= 0.3 is 0 Å². The van der Waals surface area contributed by atoms with E-state index >= 15 is 0 Å². The standard InChI is InChI=1S/Si.Ti.V.W. The molecule has 0 N–H and O–H groups in total. The summed E-state index contributed by atoms with van der Waals surface area (Å²) in [7, 11) is 0. The molecule has 0 spiro atoms. The second kappa shape index (κ2) is 18.9. The molecule has 0 aromatic rings. The molecule has 0 aliphatic rings. The van der Waals surface area contributed by atoms with Gasteiger partial charge in [0.2, 0.25) is 0 Å². The summed E-state index contributed by atoms with van der Waals surface area (Å²) >= 11 is 0. The van der Waals surface area contributed by atoms with Crippen molar-refractivity contribution in [3.63, 3.8) is 0 Å². The van der Waals surface area contributed by atoms with Crippen LogP contribution in [0, 0.1) is 0 Å². The number of hydrogen-bond acceptors (Lipinski definition) is 0. The van der Waals surface area contributed by atoms with Gasteiger partial charge in [0, 0.05) is 72.3 Å². The molecule has 0 nitrogen and oxygen atoms in total. The van der Waals surface area contributed by atoms with Gasteiger partial charge in [-0.2, -0.15) is 0 Å². The quantitative estimate of drug-likeness (QED) is 0.535.